The molecule has 0 aliphatic heterocycles. The van der Waals surface area contributed by atoms with E-state index in [-0.39, 0.29) is 11.8 Å². The molecule has 0 bridgehead atoms. The summed E-state index contributed by atoms with van der Waals surface area (Å²) >= 11 is 3.07. The Kier molecular flexibility index (Phi) is 6.72. The first-order valence-electron chi connectivity index (χ1n) is 10.9. The van der Waals surface area contributed by atoms with Gasteiger partial charge in [0, 0.05) is 73.1 Å². The molecule has 0 saturated heterocycles. The van der Waals surface area contributed by atoms with Crippen molar-refractivity contribution in [2.75, 3.05) is 27.2 Å². The third-order valence-corrected chi connectivity index (χ3v) is 7.52. The fourth-order valence-corrected chi connectivity index (χ4v) is 5.62. The molecule has 0 unspecified atom stereocenters. The molecule has 0 aliphatic rings. The van der Waals surface area contributed by atoms with Crippen molar-refractivity contribution in [3.8, 4) is 10.3 Å². The third-order valence-electron chi connectivity index (χ3n) is 6.01. The van der Waals surface area contributed by atoms with Crippen molar-refractivity contribution < 1.29 is 9.59 Å². The van der Waals surface area contributed by atoms with Crippen LogP contribution >= 0.6 is 22.7 Å². The summed E-state index contributed by atoms with van der Waals surface area (Å²) in [7, 11) is 3.54. The van der Waals surface area contributed by atoms with Crippen molar-refractivity contribution in [1.82, 2.24) is 28.9 Å². The van der Waals surface area contributed by atoms with Gasteiger partial charge in [0.05, 0.1) is 11.1 Å². The van der Waals surface area contributed by atoms with Crippen molar-refractivity contribution in [1.29, 1.82) is 0 Å². The molecule has 8 nitrogen and oxygen atoms in total. The molecule has 10 heteroatoms. The van der Waals surface area contributed by atoms with Crippen molar-refractivity contribution >= 4 is 34.5 Å². The number of amides is 2. The van der Waals surface area contributed by atoms with Crippen LogP contribution in [0.3, 0.4) is 0 Å². The van der Waals surface area contributed by atoms with Crippen LogP contribution in [0, 0.1) is 27.7 Å². The molecule has 0 spiro atoms. The highest BCUT2D eigenvalue weighted by Gasteiger charge is 2.23. The van der Waals surface area contributed by atoms with Gasteiger partial charge in [0.1, 0.15) is 0 Å². The van der Waals surface area contributed by atoms with Gasteiger partial charge >= 0.3 is 0 Å². The number of thiazole rings is 2. The monoisotopic (exact) mass is 496 g/mol. The molecule has 178 valence electrons. The molecule has 0 N–H and O–H groups in total. The molecule has 4 aromatic heterocycles. The van der Waals surface area contributed by atoms with E-state index in [4.69, 9.17) is 0 Å². The van der Waals surface area contributed by atoms with E-state index in [0.717, 1.165) is 33.0 Å². The van der Waals surface area contributed by atoms with Gasteiger partial charge in [-0.05, 0) is 39.8 Å². The van der Waals surface area contributed by atoms with Gasteiger partial charge in [-0.1, -0.05) is 0 Å². The van der Waals surface area contributed by atoms with Crippen LogP contribution in [0.2, 0.25) is 0 Å². The maximum absolute atomic E-state index is 13.2. The quantitative estimate of drug-likeness (QED) is 0.383. The van der Waals surface area contributed by atoms with E-state index in [2.05, 4.69) is 9.97 Å². The Morgan fingerprint density at radius 3 is 1.47 bits per heavy atom. The van der Waals surface area contributed by atoms with Crippen molar-refractivity contribution in [2.45, 2.75) is 27.7 Å². The first-order chi connectivity index (χ1) is 16.2. The Balaban J connectivity index is 1.44. The fraction of sp³-hybridized carbons (Fsp3) is 0.333. The Labute approximate surface area is 207 Å². The van der Waals surface area contributed by atoms with Crippen LogP contribution in [0.25, 0.3) is 10.3 Å². The van der Waals surface area contributed by atoms with Gasteiger partial charge in [-0.2, -0.15) is 0 Å². The summed E-state index contributed by atoms with van der Waals surface area (Å²) in [6, 6.07) is 3.80. The average molecular weight is 497 g/mol. The van der Waals surface area contributed by atoms with Crippen molar-refractivity contribution in [3.63, 3.8) is 0 Å². The number of likely N-dealkylation sites (N-methyl/N-ethyl adjacent to an activating group) is 2. The Hall–Kier alpha value is -3.24. The summed E-state index contributed by atoms with van der Waals surface area (Å²) in [5, 5.41) is 5.53. The number of carbonyl (C=O) groups is 2. The highest BCUT2D eigenvalue weighted by atomic mass is 32.1. The molecule has 34 heavy (non-hydrogen) atoms. The van der Waals surface area contributed by atoms with Crippen LogP contribution in [-0.2, 0) is 0 Å². The standard InChI is InChI=1S/C24H28N6O2S2/c1-15-13-19(17(3)29(15)23-25-7-11-33-23)21(31)27(5)9-10-28(6)22(32)20-14-16(2)30(18(20)4)24-26-8-12-34-24/h7-8,11-14H,9-10H2,1-6H3. The van der Waals surface area contributed by atoms with Gasteiger partial charge in [0.25, 0.3) is 11.8 Å². The van der Waals surface area contributed by atoms with Crippen LogP contribution in [-0.4, -0.2) is 67.9 Å². The maximum Gasteiger partial charge on any atom is 0.255 e. The second kappa shape index (κ2) is 9.55. The van der Waals surface area contributed by atoms with Gasteiger partial charge in [0.15, 0.2) is 10.3 Å². The lowest BCUT2D eigenvalue weighted by atomic mass is 10.2. The summed E-state index contributed by atoms with van der Waals surface area (Å²) in [5.74, 6) is -0.141. The number of nitrogens with zero attached hydrogens (tertiary/aromatic N) is 6. The predicted octanol–water partition coefficient (Wildman–Crippen LogP) is 4.26. The van der Waals surface area contributed by atoms with E-state index in [0.29, 0.717) is 24.2 Å². The minimum Gasteiger partial charge on any atom is -0.340 e. The SMILES string of the molecule is Cc1cc(C(=O)N(C)CCN(C)C(=O)c2cc(C)n(-c3nccs3)c2C)c(C)n1-c1nccs1. The van der Waals surface area contributed by atoms with Crippen molar-refractivity contribution in [2.24, 2.45) is 0 Å². The minimum atomic E-state index is -0.0706. The zero-order valence-corrected chi connectivity index (χ0v) is 21.8. The number of hydrogen-bond acceptors (Lipinski definition) is 6. The number of rotatable bonds is 7. The lowest BCUT2D eigenvalue weighted by Crippen LogP contribution is -2.37. The van der Waals surface area contributed by atoms with Crippen LogP contribution in [0.15, 0.2) is 35.3 Å². The van der Waals surface area contributed by atoms with Crippen LogP contribution in [0.1, 0.15) is 43.5 Å². The van der Waals surface area contributed by atoms with Gasteiger partial charge in [-0.3, -0.25) is 18.7 Å². The lowest BCUT2D eigenvalue weighted by Gasteiger charge is -2.22. The Bertz CT molecular complexity index is 1220. The third kappa shape index (κ3) is 4.30. The van der Waals surface area contributed by atoms with Gasteiger partial charge in [0.2, 0.25) is 0 Å². The zero-order chi connectivity index (χ0) is 24.6. The summed E-state index contributed by atoms with van der Waals surface area (Å²) < 4.78 is 4.00. The molecule has 0 saturated carbocycles. The second-order valence-electron chi connectivity index (χ2n) is 8.32. The molecule has 4 heterocycles. The lowest BCUT2D eigenvalue weighted by molar-refractivity contribution is 0.0718. The minimum absolute atomic E-state index is 0.0706. The number of aromatic nitrogens is 4. The second-order valence-corrected chi connectivity index (χ2v) is 10.1. The van der Waals surface area contributed by atoms with Crippen LogP contribution < -0.4 is 0 Å². The Morgan fingerprint density at radius 1 is 0.765 bits per heavy atom. The van der Waals surface area contributed by atoms with Gasteiger partial charge in [-0.15, -0.1) is 22.7 Å². The van der Waals surface area contributed by atoms with E-state index in [1.54, 1.807) is 36.3 Å². The topological polar surface area (TPSA) is 76.3 Å². The number of hydrogen-bond donors (Lipinski definition) is 0. The smallest absolute Gasteiger partial charge is 0.255 e. The highest BCUT2D eigenvalue weighted by molar-refractivity contribution is 7.12. The van der Waals surface area contributed by atoms with E-state index in [1.165, 1.54) is 22.7 Å². The Morgan fingerprint density at radius 2 is 1.15 bits per heavy atom. The molecule has 4 aromatic rings. The molecular formula is C24H28N6O2S2. The molecule has 0 atom stereocenters. The van der Waals surface area contributed by atoms with Gasteiger partial charge in [-0.25, -0.2) is 9.97 Å². The molecule has 0 aliphatic carbocycles. The van der Waals surface area contributed by atoms with Gasteiger partial charge < -0.3 is 9.80 Å². The summed E-state index contributed by atoms with van der Waals surface area (Å²) in [5.41, 5.74) is 4.96. The molecule has 0 aromatic carbocycles. The molecule has 4 rings (SSSR count). The zero-order valence-electron chi connectivity index (χ0n) is 20.2. The fourth-order valence-electron chi connectivity index (χ4n) is 4.11. The van der Waals surface area contributed by atoms with Crippen molar-refractivity contribution in [3.05, 3.63) is 69.2 Å². The van der Waals surface area contributed by atoms with Crippen LogP contribution in [0.5, 0.6) is 0 Å². The van der Waals surface area contributed by atoms with E-state index in [9.17, 15) is 9.59 Å². The molecular weight excluding hydrogens is 468 g/mol. The number of carbonyl (C=O) groups excluding carboxylic acids is 2. The first-order valence-corrected chi connectivity index (χ1v) is 12.6. The normalized spacial score (nSPS) is 11.1. The molecule has 0 fully saturated rings. The predicted molar refractivity (Wildman–Crippen MR) is 136 cm³/mol. The average Bonchev–Trinajstić information content (AvgIpc) is 3.60. The summed E-state index contributed by atoms with van der Waals surface area (Å²) in [6.07, 6.45) is 3.52. The maximum atomic E-state index is 13.2. The number of aryl methyl sites for hydroxylation is 2. The summed E-state index contributed by atoms with van der Waals surface area (Å²) in [6.45, 7) is 8.66. The van der Waals surface area contributed by atoms with Crippen LogP contribution in [0.4, 0.5) is 0 Å². The molecule has 0 radical (unpaired) electrons. The first kappa shape index (κ1) is 23.9. The highest BCUT2D eigenvalue weighted by Crippen LogP contribution is 2.24. The van der Waals surface area contributed by atoms with E-state index < -0.39 is 0 Å². The van der Waals surface area contributed by atoms with E-state index >= 15 is 0 Å². The molecule has 2 amide bonds. The summed E-state index contributed by atoms with van der Waals surface area (Å²) in [4.78, 5) is 38.4. The largest absolute Gasteiger partial charge is 0.340 e. The van der Waals surface area contributed by atoms with E-state index in [1.807, 2.05) is 59.7 Å².